The molecule has 2 heterocycles. The molecule has 0 bridgehead atoms. The Hall–Kier alpha value is -1.00. The third-order valence-electron chi connectivity index (χ3n) is 3.46. The lowest BCUT2D eigenvalue weighted by atomic mass is 10.2. The van der Waals surface area contributed by atoms with Crippen LogP contribution in [-0.4, -0.2) is 25.0 Å². The van der Waals surface area contributed by atoms with Crippen molar-refractivity contribution < 1.29 is 9.21 Å². The summed E-state index contributed by atoms with van der Waals surface area (Å²) in [4.78, 5) is 11.8. The van der Waals surface area contributed by atoms with Crippen LogP contribution in [0.15, 0.2) is 16.7 Å². The van der Waals surface area contributed by atoms with Crippen LogP contribution >= 0.6 is 12.4 Å². The van der Waals surface area contributed by atoms with Crippen molar-refractivity contribution in [2.24, 2.45) is 11.8 Å². The highest BCUT2D eigenvalue weighted by Crippen LogP contribution is 2.41. The Balaban J connectivity index is 0.000000963. The molecule has 0 radical (unpaired) electrons. The number of aryl methyl sites for hydroxylation is 1. The highest BCUT2D eigenvalue weighted by molar-refractivity contribution is 5.93. The number of hydrogen-bond donors (Lipinski definition) is 2. The summed E-state index contributed by atoms with van der Waals surface area (Å²) in [5, 5.41) is 6.32. The minimum absolute atomic E-state index is 0. The first kappa shape index (κ1) is 11.5. The number of carbonyl (C=O) groups excluding carboxylic acids is 1. The van der Waals surface area contributed by atoms with Gasteiger partial charge in [0.15, 0.2) is 5.76 Å². The summed E-state index contributed by atoms with van der Waals surface area (Å²) in [5.74, 6) is 1.67. The largest absolute Gasteiger partial charge is 0.459 e. The molecule has 1 aromatic heterocycles. The fourth-order valence-electron chi connectivity index (χ4n) is 2.45. The van der Waals surface area contributed by atoms with E-state index >= 15 is 0 Å². The van der Waals surface area contributed by atoms with Crippen LogP contribution in [0.5, 0.6) is 0 Å². The number of rotatable bonds is 2. The number of amides is 1. The van der Waals surface area contributed by atoms with Crippen molar-refractivity contribution in [3.8, 4) is 0 Å². The molecule has 0 spiro atoms. The van der Waals surface area contributed by atoms with Crippen LogP contribution in [0.3, 0.4) is 0 Å². The monoisotopic (exact) mass is 242 g/mol. The van der Waals surface area contributed by atoms with Crippen molar-refractivity contribution in [1.82, 2.24) is 10.6 Å². The lowest BCUT2D eigenvalue weighted by Gasteiger charge is -2.06. The van der Waals surface area contributed by atoms with Crippen LogP contribution in [0, 0.1) is 18.8 Å². The SMILES string of the molecule is Cc1ccoc1C(=O)NC1C2CNCC21.Cl. The van der Waals surface area contributed by atoms with Crippen LogP contribution in [0.4, 0.5) is 0 Å². The Labute approximate surface area is 100 Å². The average Bonchev–Trinajstić information content (AvgIpc) is 2.66. The van der Waals surface area contributed by atoms with Gasteiger partial charge < -0.3 is 15.1 Å². The Kier molecular flexibility index (Phi) is 2.95. The van der Waals surface area contributed by atoms with E-state index in [2.05, 4.69) is 10.6 Å². The standard InChI is InChI=1S/C11H14N2O2.ClH/c1-6-2-3-15-10(6)11(14)13-9-7-4-12-5-8(7)9;/h2-3,7-9,12H,4-5H2,1H3,(H,13,14);1H. The highest BCUT2D eigenvalue weighted by atomic mass is 35.5. The van der Waals surface area contributed by atoms with E-state index in [4.69, 9.17) is 4.42 Å². The molecule has 1 saturated heterocycles. The Morgan fingerprint density at radius 1 is 1.50 bits per heavy atom. The van der Waals surface area contributed by atoms with Crippen LogP contribution in [-0.2, 0) is 0 Å². The normalized spacial score (nSPS) is 30.4. The van der Waals surface area contributed by atoms with E-state index in [1.807, 2.05) is 13.0 Å². The van der Waals surface area contributed by atoms with E-state index in [1.54, 1.807) is 6.26 Å². The number of nitrogens with one attached hydrogen (secondary N) is 2. The van der Waals surface area contributed by atoms with Gasteiger partial charge in [0.25, 0.3) is 5.91 Å². The second kappa shape index (κ2) is 4.11. The fourth-order valence-corrected chi connectivity index (χ4v) is 2.45. The molecule has 0 aromatic carbocycles. The maximum atomic E-state index is 11.8. The summed E-state index contributed by atoms with van der Waals surface area (Å²) in [5.41, 5.74) is 0.899. The van der Waals surface area contributed by atoms with Gasteiger partial charge in [-0.2, -0.15) is 0 Å². The molecule has 88 valence electrons. The summed E-state index contributed by atoms with van der Waals surface area (Å²) >= 11 is 0. The summed E-state index contributed by atoms with van der Waals surface area (Å²) in [7, 11) is 0. The first-order valence-electron chi connectivity index (χ1n) is 5.33. The van der Waals surface area contributed by atoms with Gasteiger partial charge in [0, 0.05) is 24.7 Å². The van der Waals surface area contributed by atoms with Gasteiger partial charge in [0.2, 0.25) is 0 Å². The number of furan rings is 1. The quantitative estimate of drug-likeness (QED) is 0.812. The predicted octanol–water partition coefficient (Wildman–Crippen LogP) is 0.957. The third-order valence-corrected chi connectivity index (χ3v) is 3.46. The Morgan fingerprint density at radius 3 is 2.75 bits per heavy atom. The lowest BCUT2D eigenvalue weighted by molar-refractivity contribution is 0.0918. The van der Waals surface area contributed by atoms with E-state index in [0.29, 0.717) is 23.6 Å². The summed E-state index contributed by atoms with van der Waals surface area (Å²) in [6.45, 7) is 3.95. The van der Waals surface area contributed by atoms with Crippen molar-refractivity contribution >= 4 is 18.3 Å². The van der Waals surface area contributed by atoms with Crippen molar-refractivity contribution in [3.63, 3.8) is 0 Å². The Morgan fingerprint density at radius 2 is 2.19 bits per heavy atom. The van der Waals surface area contributed by atoms with Gasteiger partial charge in [-0.3, -0.25) is 4.79 Å². The fraction of sp³-hybridized carbons (Fsp3) is 0.545. The zero-order valence-electron chi connectivity index (χ0n) is 9.03. The van der Waals surface area contributed by atoms with Crippen molar-refractivity contribution in [2.75, 3.05) is 13.1 Å². The molecule has 1 saturated carbocycles. The van der Waals surface area contributed by atoms with Gasteiger partial charge in [0.05, 0.1) is 6.26 Å². The van der Waals surface area contributed by atoms with Crippen molar-refractivity contribution in [1.29, 1.82) is 0 Å². The van der Waals surface area contributed by atoms with Gasteiger partial charge in [0.1, 0.15) is 0 Å². The maximum absolute atomic E-state index is 11.8. The van der Waals surface area contributed by atoms with E-state index in [0.717, 1.165) is 18.7 Å². The van der Waals surface area contributed by atoms with Crippen LogP contribution < -0.4 is 10.6 Å². The summed E-state index contributed by atoms with van der Waals surface area (Å²) < 4.78 is 5.15. The van der Waals surface area contributed by atoms with Gasteiger partial charge in [-0.15, -0.1) is 12.4 Å². The molecule has 3 rings (SSSR count). The number of hydrogen-bond acceptors (Lipinski definition) is 3. The summed E-state index contributed by atoms with van der Waals surface area (Å²) in [6, 6.07) is 2.17. The molecule has 1 aromatic rings. The number of carbonyl (C=O) groups is 1. The molecular formula is C11H15ClN2O2. The molecule has 1 amide bonds. The number of piperidine rings is 1. The molecule has 4 nitrogen and oxygen atoms in total. The van der Waals surface area contributed by atoms with E-state index in [1.165, 1.54) is 0 Å². The second-order valence-electron chi connectivity index (χ2n) is 4.42. The first-order chi connectivity index (χ1) is 7.27. The van der Waals surface area contributed by atoms with Gasteiger partial charge in [-0.25, -0.2) is 0 Å². The topological polar surface area (TPSA) is 54.3 Å². The van der Waals surface area contributed by atoms with Crippen LogP contribution in [0.2, 0.25) is 0 Å². The second-order valence-corrected chi connectivity index (χ2v) is 4.42. The zero-order valence-corrected chi connectivity index (χ0v) is 9.84. The Bertz CT molecular complexity index is 394. The number of fused-ring (bicyclic) bond motifs is 1. The predicted molar refractivity (Wildman–Crippen MR) is 61.8 cm³/mol. The number of halogens is 1. The lowest BCUT2D eigenvalue weighted by Crippen LogP contribution is -2.32. The molecule has 1 aliphatic heterocycles. The van der Waals surface area contributed by atoms with E-state index < -0.39 is 0 Å². The molecule has 2 unspecified atom stereocenters. The van der Waals surface area contributed by atoms with Crippen molar-refractivity contribution in [2.45, 2.75) is 13.0 Å². The van der Waals surface area contributed by atoms with Crippen LogP contribution in [0.25, 0.3) is 0 Å². The third kappa shape index (κ3) is 1.72. The van der Waals surface area contributed by atoms with Gasteiger partial charge in [-0.05, 0) is 24.8 Å². The molecule has 16 heavy (non-hydrogen) atoms. The highest BCUT2D eigenvalue weighted by Gasteiger charge is 2.53. The minimum Gasteiger partial charge on any atom is -0.459 e. The molecule has 2 atom stereocenters. The minimum atomic E-state index is -0.0723. The molecule has 1 aliphatic carbocycles. The summed E-state index contributed by atoms with van der Waals surface area (Å²) in [6.07, 6.45) is 1.56. The molecule has 5 heteroatoms. The molecule has 2 fully saturated rings. The zero-order chi connectivity index (χ0) is 10.4. The van der Waals surface area contributed by atoms with Crippen molar-refractivity contribution in [3.05, 3.63) is 23.7 Å². The smallest absolute Gasteiger partial charge is 0.287 e. The first-order valence-corrected chi connectivity index (χ1v) is 5.33. The van der Waals surface area contributed by atoms with E-state index in [-0.39, 0.29) is 18.3 Å². The van der Waals surface area contributed by atoms with E-state index in [9.17, 15) is 4.79 Å². The van der Waals surface area contributed by atoms with Gasteiger partial charge >= 0.3 is 0 Å². The van der Waals surface area contributed by atoms with Gasteiger partial charge in [-0.1, -0.05) is 0 Å². The molecule has 2 aliphatic rings. The average molecular weight is 243 g/mol. The molecular weight excluding hydrogens is 228 g/mol. The molecule has 2 N–H and O–H groups in total. The van der Waals surface area contributed by atoms with Crippen LogP contribution in [0.1, 0.15) is 16.1 Å². The maximum Gasteiger partial charge on any atom is 0.287 e.